The monoisotopic (exact) mass is 240 g/mol. The Hall–Kier alpha value is -0.330. The van der Waals surface area contributed by atoms with Crippen LogP contribution in [-0.2, 0) is 0 Å². The Morgan fingerprint density at radius 3 is 2.75 bits per heavy atom. The molecule has 0 aromatic heterocycles. The van der Waals surface area contributed by atoms with Crippen molar-refractivity contribution in [2.45, 2.75) is 38.1 Å². The van der Waals surface area contributed by atoms with Crippen molar-refractivity contribution < 1.29 is 18.3 Å². The van der Waals surface area contributed by atoms with Gasteiger partial charge in [0.1, 0.15) is 0 Å². The second-order valence-corrected chi connectivity index (χ2v) is 4.14. The van der Waals surface area contributed by atoms with Gasteiger partial charge in [0.25, 0.3) is 0 Å². The zero-order chi connectivity index (χ0) is 12.2. The molecule has 1 rings (SSSR count). The summed E-state index contributed by atoms with van der Waals surface area (Å²) >= 11 is 0. The van der Waals surface area contributed by atoms with Crippen LogP contribution < -0.4 is 5.32 Å². The summed E-state index contributed by atoms with van der Waals surface area (Å²) in [4.78, 5) is 2.24. The van der Waals surface area contributed by atoms with E-state index in [0.29, 0.717) is 12.6 Å². The molecule has 0 spiro atoms. The molecule has 1 aliphatic heterocycles. The van der Waals surface area contributed by atoms with Crippen LogP contribution in [0.4, 0.5) is 13.2 Å². The minimum absolute atomic E-state index is 0.311. The van der Waals surface area contributed by atoms with Crippen molar-refractivity contribution in [2.75, 3.05) is 26.2 Å². The van der Waals surface area contributed by atoms with E-state index >= 15 is 0 Å². The molecule has 0 aliphatic carbocycles. The summed E-state index contributed by atoms with van der Waals surface area (Å²) < 4.78 is 36.0. The number of likely N-dealkylation sites (tertiary alicyclic amines) is 1. The molecule has 0 aromatic rings. The molecule has 2 N–H and O–H groups in total. The van der Waals surface area contributed by atoms with E-state index in [1.165, 1.54) is 0 Å². The second-order valence-electron chi connectivity index (χ2n) is 4.14. The lowest BCUT2D eigenvalue weighted by Crippen LogP contribution is -2.43. The highest BCUT2D eigenvalue weighted by molar-refractivity contribution is 4.80. The number of alkyl halides is 3. The van der Waals surface area contributed by atoms with Crippen LogP contribution in [0.25, 0.3) is 0 Å². The zero-order valence-electron chi connectivity index (χ0n) is 9.43. The molecular formula is C10H19F3N2O. The minimum atomic E-state index is -4.52. The highest BCUT2D eigenvalue weighted by atomic mass is 19.4. The lowest BCUT2D eigenvalue weighted by atomic mass is 10.2. The average molecular weight is 240 g/mol. The minimum Gasteiger partial charge on any atom is -0.382 e. The molecule has 0 amide bonds. The molecule has 0 aromatic carbocycles. The molecule has 6 heteroatoms. The molecule has 2 unspecified atom stereocenters. The normalized spacial score (nSPS) is 24.9. The summed E-state index contributed by atoms with van der Waals surface area (Å²) in [6, 6.07) is 0.311. The number of halogens is 3. The first-order valence-electron chi connectivity index (χ1n) is 5.64. The smallest absolute Gasteiger partial charge is 0.382 e. The number of nitrogens with one attached hydrogen (secondary N) is 1. The number of hydrogen-bond acceptors (Lipinski definition) is 3. The van der Waals surface area contributed by atoms with E-state index < -0.39 is 18.8 Å². The third-order valence-electron chi connectivity index (χ3n) is 3.00. The molecule has 1 saturated heterocycles. The Bertz CT molecular complexity index is 211. The summed E-state index contributed by atoms with van der Waals surface area (Å²) in [5.41, 5.74) is 0. The van der Waals surface area contributed by atoms with Gasteiger partial charge in [0.2, 0.25) is 0 Å². The first-order chi connectivity index (χ1) is 7.45. The van der Waals surface area contributed by atoms with Crippen LogP contribution in [0, 0.1) is 0 Å². The van der Waals surface area contributed by atoms with Crippen molar-refractivity contribution in [3.8, 4) is 0 Å². The van der Waals surface area contributed by atoms with Gasteiger partial charge in [0, 0.05) is 19.1 Å². The molecule has 0 saturated carbocycles. The molecule has 0 bridgehead atoms. The van der Waals surface area contributed by atoms with Crippen LogP contribution in [0.1, 0.15) is 19.8 Å². The standard InChI is InChI=1S/C10H19F3N2O/c1-2-15-5-3-4-8(15)6-14-7-9(16)10(11,12)13/h8-9,14,16H,2-7H2,1H3. The van der Waals surface area contributed by atoms with Gasteiger partial charge in [0.15, 0.2) is 6.10 Å². The maximum Gasteiger partial charge on any atom is 0.415 e. The van der Waals surface area contributed by atoms with E-state index in [9.17, 15) is 13.2 Å². The van der Waals surface area contributed by atoms with Gasteiger partial charge in [-0.2, -0.15) is 13.2 Å². The highest BCUT2D eigenvalue weighted by Crippen LogP contribution is 2.19. The maximum atomic E-state index is 12.0. The van der Waals surface area contributed by atoms with Crippen LogP contribution in [0.3, 0.4) is 0 Å². The Labute approximate surface area is 93.6 Å². The van der Waals surface area contributed by atoms with E-state index in [1.54, 1.807) is 0 Å². The fourth-order valence-corrected chi connectivity index (χ4v) is 2.05. The van der Waals surface area contributed by atoms with E-state index in [4.69, 9.17) is 5.11 Å². The van der Waals surface area contributed by atoms with Gasteiger partial charge >= 0.3 is 6.18 Å². The first-order valence-corrected chi connectivity index (χ1v) is 5.64. The van der Waals surface area contributed by atoms with Gasteiger partial charge < -0.3 is 10.4 Å². The van der Waals surface area contributed by atoms with Crippen molar-refractivity contribution in [1.82, 2.24) is 10.2 Å². The predicted molar refractivity (Wildman–Crippen MR) is 55.2 cm³/mol. The van der Waals surface area contributed by atoms with Crippen LogP contribution in [0.2, 0.25) is 0 Å². The molecule has 1 fully saturated rings. The molecule has 3 nitrogen and oxygen atoms in total. The Morgan fingerprint density at radius 1 is 1.50 bits per heavy atom. The van der Waals surface area contributed by atoms with Gasteiger partial charge in [-0.1, -0.05) is 6.92 Å². The molecule has 2 atom stereocenters. The van der Waals surface area contributed by atoms with Gasteiger partial charge in [0.05, 0.1) is 0 Å². The first kappa shape index (κ1) is 13.7. The zero-order valence-corrected chi connectivity index (χ0v) is 9.43. The quantitative estimate of drug-likeness (QED) is 0.752. The Balaban J connectivity index is 2.20. The van der Waals surface area contributed by atoms with Crippen molar-refractivity contribution >= 4 is 0 Å². The largest absolute Gasteiger partial charge is 0.415 e. The fraction of sp³-hybridized carbons (Fsp3) is 1.00. The molecule has 1 heterocycles. The van der Waals surface area contributed by atoms with E-state index in [1.807, 2.05) is 6.92 Å². The topological polar surface area (TPSA) is 35.5 Å². The Kier molecular flexibility index (Phi) is 5.01. The van der Waals surface area contributed by atoms with Gasteiger partial charge in [-0.15, -0.1) is 0 Å². The highest BCUT2D eigenvalue weighted by Gasteiger charge is 2.37. The van der Waals surface area contributed by atoms with Gasteiger partial charge in [-0.05, 0) is 25.9 Å². The van der Waals surface area contributed by atoms with E-state index in [-0.39, 0.29) is 0 Å². The summed E-state index contributed by atoms with van der Waals surface area (Å²) in [5.74, 6) is 0. The third kappa shape index (κ3) is 3.92. The van der Waals surface area contributed by atoms with Crippen molar-refractivity contribution in [3.63, 3.8) is 0 Å². The second kappa shape index (κ2) is 5.84. The lowest BCUT2D eigenvalue weighted by molar-refractivity contribution is -0.201. The Morgan fingerprint density at radius 2 is 2.19 bits per heavy atom. The molecule has 0 radical (unpaired) electrons. The van der Waals surface area contributed by atoms with Crippen LogP contribution in [0.5, 0.6) is 0 Å². The number of hydrogen-bond donors (Lipinski definition) is 2. The van der Waals surface area contributed by atoms with Crippen LogP contribution in [0.15, 0.2) is 0 Å². The molecule has 1 aliphatic rings. The summed E-state index contributed by atoms with van der Waals surface area (Å²) in [5, 5.41) is 11.5. The van der Waals surface area contributed by atoms with Crippen molar-refractivity contribution in [1.29, 1.82) is 0 Å². The summed E-state index contributed by atoms with van der Waals surface area (Å²) in [6.07, 6.45) is -4.66. The van der Waals surface area contributed by atoms with E-state index in [0.717, 1.165) is 25.9 Å². The number of aliphatic hydroxyl groups is 1. The molecular weight excluding hydrogens is 221 g/mol. The van der Waals surface area contributed by atoms with Crippen LogP contribution in [-0.4, -0.2) is 54.5 Å². The summed E-state index contributed by atoms with van der Waals surface area (Å²) in [6.45, 7) is 4.08. The average Bonchev–Trinajstić information content (AvgIpc) is 2.63. The lowest BCUT2D eigenvalue weighted by Gasteiger charge is -2.24. The number of rotatable bonds is 5. The predicted octanol–water partition coefficient (Wildman–Crippen LogP) is 0.983. The number of likely N-dealkylation sites (N-methyl/N-ethyl adjacent to an activating group) is 1. The van der Waals surface area contributed by atoms with Crippen LogP contribution >= 0.6 is 0 Å². The van der Waals surface area contributed by atoms with Gasteiger partial charge in [-0.25, -0.2) is 0 Å². The van der Waals surface area contributed by atoms with Crippen molar-refractivity contribution in [3.05, 3.63) is 0 Å². The van der Waals surface area contributed by atoms with E-state index in [2.05, 4.69) is 10.2 Å². The fourth-order valence-electron chi connectivity index (χ4n) is 2.05. The summed E-state index contributed by atoms with van der Waals surface area (Å²) in [7, 11) is 0. The molecule has 96 valence electrons. The number of nitrogens with zero attached hydrogens (tertiary/aromatic N) is 1. The van der Waals surface area contributed by atoms with Crippen molar-refractivity contribution in [2.24, 2.45) is 0 Å². The SMILES string of the molecule is CCN1CCCC1CNCC(O)C(F)(F)F. The third-order valence-corrected chi connectivity index (χ3v) is 3.00. The number of aliphatic hydroxyl groups excluding tert-OH is 1. The van der Waals surface area contributed by atoms with Gasteiger partial charge in [-0.3, -0.25) is 4.90 Å². The molecule has 16 heavy (non-hydrogen) atoms. The maximum absolute atomic E-state index is 12.0.